The predicted molar refractivity (Wildman–Crippen MR) is 138 cm³/mol. The first-order valence-corrected chi connectivity index (χ1v) is 13.3. The summed E-state index contributed by atoms with van der Waals surface area (Å²) >= 11 is 0. The predicted octanol–water partition coefficient (Wildman–Crippen LogP) is 4.71. The van der Waals surface area contributed by atoms with Crippen LogP contribution in [-0.2, 0) is 14.8 Å². The molecule has 1 saturated heterocycles. The van der Waals surface area contributed by atoms with Crippen molar-refractivity contribution in [3.05, 3.63) is 96.3 Å². The second kappa shape index (κ2) is 9.10. The molecule has 0 saturated carbocycles. The Balaban J connectivity index is 1.60. The molecular formula is C28H22FN3O4S. The number of hydrogen-bond donors (Lipinski definition) is 0. The number of imidazole rings is 1. The highest BCUT2D eigenvalue weighted by atomic mass is 32.2. The van der Waals surface area contributed by atoms with Crippen LogP contribution in [0.4, 0.5) is 4.39 Å². The molecule has 7 nitrogen and oxygen atoms in total. The maximum absolute atomic E-state index is 14.1. The molecule has 0 aliphatic carbocycles. The van der Waals surface area contributed by atoms with Crippen molar-refractivity contribution in [1.82, 2.24) is 13.9 Å². The van der Waals surface area contributed by atoms with E-state index >= 15 is 0 Å². The third-order valence-corrected chi connectivity index (χ3v) is 8.22. The summed E-state index contributed by atoms with van der Waals surface area (Å²) in [5, 5.41) is 1.74. The lowest BCUT2D eigenvalue weighted by Crippen LogP contribution is -2.40. The molecule has 1 aliphatic rings. The Morgan fingerprint density at radius 1 is 0.892 bits per heavy atom. The van der Waals surface area contributed by atoms with E-state index in [1.54, 1.807) is 29.2 Å². The number of carbonyl (C=O) groups is 1. The molecule has 1 amide bonds. The lowest BCUT2D eigenvalue weighted by atomic mass is 10.0. The Kier molecular flexibility index (Phi) is 5.73. The zero-order valence-electron chi connectivity index (χ0n) is 19.7. The summed E-state index contributed by atoms with van der Waals surface area (Å²) in [4.78, 5) is 19.4. The topological polar surface area (TPSA) is 81.5 Å². The number of amides is 1. The smallest absolute Gasteiger partial charge is 0.270 e. The van der Waals surface area contributed by atoms with Gasteiger partial charge in [0.25, 0.3) is 15.9 Å². The van der Waals surface area contributed by atoms with Crippen molar-refractivity contribution < 1.29 is 22.3 Å². The van der Waals surface area contributed by atoms with Crippen LogP contribution in [0.15, 0.2) is 89.8 Å². The summed E-state index contributed by atoms with van der Waals surface area (Å²) in [5.74, 6) is -0.637. The molecule has 2 heterocycles. The lowest BCUT2D eigenvalue weighted by Gasteiger charge is -2.26. The normalized spacial score (nSPS) is 14.4. The van der Waals surface area contributed by atoms with Crippen LogP contribution in [0.5, 0.6) is 0 Å². The van der Waals surface area contributed by atoms with Gasteiger partial charge in [0.05, 0.1) is 29.1 Å². The highest BCUT2D eigenvalue weighted by molar-refractivity contribution is 7.90. The Morgan fingerprint density at radius 3 is 2.46 bits per heavy atom. The molecule has 0 bridgehead atoms. The van der Waals surface area contributed by atoms with Crippen LogP contribution in [0.25, 0.3) is 33.2 Å². The van der Waals surface area contributed by atoms with Crippen LogP contribution in [-0.4, -0.2) is 54.5 Å². The minimum atomic E-state index is -4.24. The Morgan fingerprint density at radius 2 is 1.65 bits per heavy atom. The SMILES string of the molecule is O=C(c1ccc2c(c1)nc(-c1cccc3ccccc13)n2S(=O)(=O)c1cccc(F)c1)N1CCOCC1. The summed E-state index contributed by atoms with van der Waals surface area (Å²) in [6.07, 6.45) is 0. The Labute approximate surface area is 212 Å². The van der Waals surface area contributed by atoms with Gasteiger partial charge in [-0.05, 0) is 47.2 Å². The molecule has 1 aromatic heterocycles. The van der Waals surface area contributed by atoms with Crippen molar-refractivity contribution in [2.75, 3.05) is 26.3 Å². The lowest BCUT2D eigenvalue weighted by molar-refractivity contribution is 0.0303. The zero-order valence-corrected chi connectivity index (χ0v) is 20.5. The van der Waals surface area contributed by atoms with Gasteiger partial charge in [-0.15, -0.1) is 0 Å². The quantitative estimate of drug-likeness (QED) is 0.347. The number of carbonyl (C=O) groups excluding carboxylic acids is 1. The van der Waals surface area contributed by atoms with E-state index in [4.69, 9.17) is 9.72 Å². The molecule has 0 spiro atoms. The molecule has 37 heavy (non-hydrogen) atoms. The molecule has 5 aromatic rings. The number of fused-ring (bicyclic) bond motifs is 2. The first-order chi connectivity index (χ1) is 17.9. The third kappa shape index (κ3) is 4.06. The number of hydrogen-bond acceptors (Lipinski definition) is 5. The van der Waals surface area contributed by atoms with Gasteiger partial charge < -0.3 is 9.64 Å². The molecule has 186 valence electrons. The largest absolute Gasteiger partial charge is 0.378 e. The summed E-state index contributed by atoms with van der Waals surface area (Å²) in [6.45, 7) is 1.92. The number of rotatable bonds is 4. The van der Waals surface area contributed by atoms with E-state index in [9.17, 15) is 17.6 Å². The second-order valence-corrected chi connectivity index (χ2v) is 10.6. The van der Waals surface area contributed by atoms with Crippen LogP contribution >= 0.6 is 0 Å². The number of ether oxygens (including phenoxy) is 1. The summed E-state index contributed by atoms with van der Waals surface area (Å²) < 4.78 is 48.4. The van der Waals surface area contributed by atoms with Gasteiger partial charge in [-0.1, -0.05) is 48.5 Å². The van der Waals surface area contributed by atoms with Crippen molar-refractivity contribution >= 4 is 37.7 Å². The highest BCUT2D eigenvalue weighted by Gasteiger charge is 2.27. The first kappa shape index (κ1) is 23.3. The fraction of sp³-hybridized carbons (Fsp3) is 0.143. The van der Waals surface area contributed by atoms with Gasteiger partial charge in [0.2, 0.25) is 0 Å². The molecule has 6 rings (SSSR count). The van der Waals surface area contributed by atoms with Crippen molar-refractivity contribution in [3.63, 3.8) is 0 Å². The number of nitrogens with zero attached hydrogens (tertiary/aromatic N) is 3. The fourth-order valence-corrected chi connectivity index (χ4v) is 6.21. The molecule has 1 aliphatic heterocycles. The van der Waals surface area contributed by atoms with E-state index in [-0.39, 0.29) is 16.6 Å². The molecule has 0 N–H and O–H groups in total. The van der Waals surface area contributed by atoms with Crippen LogP contribution < -0.4 is 0 Å². The van der Waals surface area contributed by atoms with E-state index in [2.05, 4.69) is 0 Å². The minimum Gasteiger partial charge on any atom is -0.378 e. The fourth-order valence-electron chi connectivity index (χ4n) is 4.71. The zero-order chi connectivity index (χ0) is 25.6. The van der Waals surface area contributed by atoms with Gasteiger partial charge in [0.15, 0.2) is 5.82 Å². The van der Waals surface area contributed by atoms with Gasteiger partial charge in [-0.3, -0.25) is 4.79 Å². The van der Waals surface area contributed by atoms with Crippen molar-refractivity contribution in [2.24, 2.45) is 0 Å². The van der Waals surface area contributed by atoms with Crippen LogP contribution in [0.2, 0.25) is 0 Å². The van der Waals surface area contributed by atoms with Crippen molar-refractivity contribution in [1.29, 1.82) is 0 Å². The van der Waals surface area contributed by atoms with E-state index in [1.165, 1.54) is 18.2 Å². The minimum absolute atomic E-state index is 0.167. The molecule has 0 atom stereocenters. The molecule has 0 unspecified atom stereocenters. The van der Waals surface area contributed by atoms with Gasteiger partial charge in [0, 0.05) is 24.2 Å². The summed E-state index contributed by atoms with van der Waals surface area (Å²) in [7, 11) is -4.24. The summed E-state index contributed by atoms with van der Waals surface area (Å²) in [6, 6.07) is 22.9. The van der Waals surface area contributed by atoms with E-state index in [0.29, 0.717) is 48.5 Å². The molecule has 4 aromatic carbocycles. The van der Waals surface area contributed by atoms with E-state index in [0.717, 1.165) is 20.8 Å². The first-order valence-electron chi connectivity index (χ1n) is 11.8. The number of morpholine rings is 1. The number of aromatic nitrogens is 2. The van der Waals surface area contributed by atoms with E-state index < -0.39 is 15.8 Å². The van der Waals surface area contributed by atoms with Gasteiger partial charge >= 0.3 is 0 Å². The molecule has 9 heteroatoms. The van der Waals surface area contributed by atoms with Gasteiger partial charge in [0.1, 0.15) is 5.82 Å². The highest BCUT2D eigenvalue weighted by Crippen LogP contribution is 2.34. The van der Waals surface area contributed by atoms with E-state index in [1.807, 2.05) is 36.4 Å². The average Bonchev–Trinajstić information content (AvgIpc) is 3.32. The Bertz CT molecular complexity index is 1770. The number of halogens is 1. The average molecular weight is 516 g/mol. The van der Waals surface area contributed by atoms with Crippen LogP contribution in [0, 0.1) is 5.82 Å². The van der Waals surface area contributed by atoms with Crippen LogP contribution in [0.1, 0.15) is 10.4 Å². The third-order valence-electron chi connectivity index (χ3n) is 6.52. The molecule has 0 radical (unpaired) electrons. The second-order valence-electron chi connectivity index (χ2n) is 8.80. The maximum Gasteiger partial charge on any atom is 0.270 e. The van der Waals surface area contributed by atoms with Gasteiger partial charge in [-0.2, -0.15) is 0 Å². The van der Waals surface area contributed by atoms with Crippen molar-refractivity contribution in [2.45, 2.75) is 4.90 Å². The van der Waals surface area contributed by atoms with Crippen LogP contribution in [0.3, 0.4) is 0 Å². The Hall–Kier alpha value is -4.08. The maximum atomic E-state index is 14.1. The summed E-state index contributed by atoms with van der Waals surface area (Å²) in [5.41, 5.74) is 1.66. The molecular weight excluding hydrogens is 493 g/mol. The number of benzene rings is 4. The monoisotopic (exact) mass is 515 g/mol. The van der Waals surface area contributed by atoms with Gasteiger partial charge in [-0.25, -0.2) is 21.8 Å². The standard InChI is InChI=1S/C28H22FN3O4S/c29-21-7-4-8-22(18-21)37(34,35)32-26-12-11-20(28(33)31-13-15-36-16-14-31)17-25(26)30-27(32)24-10-3-6-19-5-1-2-9-23(19)24/h1-12,17-18H,13-16H2. The molecule has 1 fully saturated rings. The van der Waals surface area contributed by atoms with Crippen molar-refractivity contribution in [3.8, 4) is 11.4 Å².